The summed E-state index contributed by atoms with van der Waals surface area (Å²) < 4.78 is 78.1. The number of hydrogen-bond donors (Lipinski definition) is 1. The lowest BCUT2D eigenvalue weighted by Crippen LogP contribution is -2.69. The van der Waals surface area contributed by atoms with E-state index in [-0.39, 0.29) is 41.8 Å². The summed E-state index contributed by atoms with van der Waals surface area (Å²) >= 11 is 0. The number of carbonyl (C=O) groups excluding carboxylic acids is 2. The summed E-state index contributed by atoms with van der Waals surface area (Å²) in [5.41, 5.74) is 0.832. The van der Waals surface area contributed by atoms with Crippen LogP contribution in [0.4, 0.5) is 0 Å². The van der Waals surface area contributed by atoms with E-state index < -0.39 is 123 Å². The third-order valence-electron chi connectivity index (χ3n) is 13.8. The molecular formula is C61H120O14Si6. The third-order valence-corrected chi connectivity index (χ3v) is 19.7. The fourth-order valence-corrected chi connectivity index (χ4v) is 16.8. The molecular weight excluding hydrogens is 1130 g/mol. The normalized spacial score (nSPS) is 24.9. The molecule has 0 unspecified atom stereocenters. The number of hydrogen-bond acceptors (Lipinski definition) is 14. The summed E-state index contributed by atoms with van der Waals surface area (Å²) in [5, 5.41) is 11.8. The molecule has 0 bridgehead atoms. The second-order valence-electron chi connectivity index (χ2n) is 31.1. The Labute approximate surface area is 500 Å². The largest absolute Gasteiger partial charge is 0.507 e. The molecule has 1 aromatic carbocycles. The highest BCUT2D eigenvalue weighted by Gasteiger charge is 2.57. The molecule has 1 N–H and O–H groups in total. The molecule has 14 nitrogen and oxygen atoms in total. The zero-order valence-corrected chi connectivity index (χ0v) is 62.2. The van der Waals surface area contributed by atoms with E-state index in [1.54, 1.807) is 6.07 Å². The van der Waals surface area contributed by atoms with E-state index in [0.29, 0.717) is 5.56 Å². The predicted molar refractivity (Wildman–Crippen MR) is 345 cm³/mol. The fraction of sp³-hybridized carbons (Fsp3) is 0.869. The molecule has 472 valence electrons. The van der Waals surface area contributed by atoms with Crippen LogP contribution in [0.5, 0.6) is 5.75 Å². The van der Waals surface area contributed by atoms with Gasteiger partial charge in [-0.2, -0.15) is 0 Å². The molecule has 0 radical (unpaired) electrons. The highest BCUT2D eigenvalue weighted by Crippen LogP contribution is 2.41. The van der Waals surface area contributed by atoms with Gasteiger partial charge in [-0.3, -0.25) is 4.79 Å². The summed E-state index contributed by atoms with van der Waals surface area (Å²) in [6, 6.07) is 3.72. The van der Waals surface area contributed by atoms with Crippen LogP contribution in [-0.4, -0.2) is 142 Å². The van der Waals surface area contributed by atoms with Gasteiger partial charge in [0.1, 0.15) is 73.4 Å². The van der Waals surface area contributed by atoms with E-state index >= 15 is 0 Å². The van der Waals surface area contributed by atoms with Crippen molar-refractivity contribution in [3.8, 4) is 5.75 Å². The molecule has 0 spiro atoms. The number of rotatable bonds is 32. The Morgan fingerprint density at radius 1 is 0.481 bits per heavy atom. The maximum Gasteiger partial charge on any atom is 0.342 e. The van der Waals surface area contributed by atoms with Crippen LogP contribution >= 0.6 is 0 Å². The maximum atomic E-state index is 14.6. The lowest BCUT2D eigenvalue weighted by molar-refractivity contribution is -0.368. The minimum absolute atomic E-state index is 0.0756. The van der Waals surface area contributed by atoms with E-state index in [1.807, 2.05) is 26.8 Å². The lowest BCUT2D eigenvalue weighted by Gasteiger charge is -2.53. The van der Waals surface area contributed by atoms with Crippen LogP contribution in [0.1, 0.15) is 154 Å². The van der Waals surface area contributed by atoms with Gasteiger partial charge in [-0.15, -0.1) is 0 Å². The van der Waals surface area contributed by atoms with Gasteiger partial charge in [-0.05, 0) is 153 Å². The summed E-state index contributed by atoms with van der Waals surface area (Å²) in [7, 11) is -14.5. The quantitative estimate of drug-likeness (QED) is 0.0413. The minimum atomic E-state index is -2.47. The van der Waals surface area contributed by atoms with Gasteiger partial charge in [0.25, 0.3) is 0 Å². The molecule has 81 heavy (non-hydrogen) atoms. The van der Waals surface area contributed by atoms with Crippen LogP contribution in [0.15, 0.2) is 12.1 Å². The third kappa shape index (κ3) is 26.4. The first-order chi connectivity index (χ1) is 36.8. The highest BCUT2D eigenvalue weighted by atomic mass is 28.4. The van der Waals surface area contributed by atoms with Gasteiger partial charge >= 0.3 is 11.9 Å². The molecule has 0 aromatic heterocycles. The first-order valence-electron chi connectivity index (χ1n) is 31.1. The fourth-order valence-electron chi connectivity index (χ4n) is 10.3. The van der Waals surface area contributed by atoms with Gasteiger partial charge in [-0.25, -0.2) is 4.79 Å². The molecule has 2 aliphatic rings. The Morgan fingerprint density at radius 3 is 1.17 bits per heavy atom. The second kappa shape index (κ2) is 30.7. The number of esters is 2. The average Bonchev–Trinajstić information content (AvgIpc) is 3.27. The number of aromatic hydroxyl groups is 1. The van der Waals surface area contributed by atoms with Crippen molar-refractivity contribution in [2.75, 3.05) is 13.2 Å². The predicted octanol–water partition coefficient (Wildman–Crippen LogP) is 15.8. The molecule has 2 saturated heterocycles. The number of benzene rings is 1. The summed E-state index contributed by atoms with van der Waals surface area (Å²) in [6.07, 6.45) is 4.17. The summed E-state index contributed by atoms with van der Waals surface area (Å²) in [6.45, 7) is 54.9. The molecule has 2 fully saturated rings. The molecule has 1 aromatic rings. The Balaban J connectivity index is 2.31. The van der Waals surface area contributed by atoms with Gasteiger partial charge in [0.15, 0.2) is 62.5 Å². The van der Waals surface area contributed by atoms with Crippen LogP contribution < -0.4 is 0 Å². The molecule has 2 aliphatic heterocycles. The van der Waals surface area contributed by atoms with Crippen LogP contribution in [0, 0.1) is 5.92 Å². The van der Waals surface area contributed by atoms with Crippen LogP contribution in [-0.2, 0) is 65.9 Å². The van der Waals surface area contributed by atoms with Crippen molar-refractivity contribution >= 4 is 61.8 Å². The van der Waals surface area contributed by atoms with Crippen molar-refractivity contribution in [2.45, 2.75) is 323 Å². The number of ether oxygens (including phenoxy) is 5. The van der Waals surface area contributed by atoms with E-state index in [0.717, 1.165) is 69.8 Å². The first-order valence-corrected chi connectivity index (χ1v) is 51.5. The van der Waals surface area contributed by atoms with E-state index in [9.17, 15) is 14.7 Å². The number of phenols is 1. The Kier molecular flexibility index (Phi) is 28.1. The number of unbranched alkanes of at least 4 members (excludes halogenated alkanes) is 8. The highest BCUT2D eigenvalue weighted by molar-refractivity contribution is 6.71. The van der Waals surface area contributed by atoms with E-state index in [2.05, 4.69) is 152 Å². The molecule has 0 saturated carbocycles. The van der Waals surface area contributed by atoms with Crippen LogP contribution in [0.2, 0.25) is 118 Å². The molecule has 0 aliphatic carbocycles. The Hall–Kier alpha value is -1.10. The Morgan fingerprint density at radius 2 is 0.827 bits per heavy atom. The molecule has 10 atom stereocenters. The first kappa shape index (κ1) is 74.2. The van der Waals surface area contributed by atoms with Crippen molar-refractivity contribution in [3.63, 3.8) is 0 Å². The van der Waals surface area contributed by atoms with Gasteiger partial charge in [0.2, 0.25) is 0 Å². The van der Waals surface area contributed by atoms with Crippen molar-refractivity contribution in [1.29, 1.82) is 0 Å². The average molecular weight is 1250 g/mol. The lowest BCUT2D eigenvalue weighted by atomic mass is 9.79. The molecule has 3 rings (SSSR count). The van der Waals surface area contributed by atoms with Gasteiger partial charge in [0, 0.05) is 5.56 Å². The number of phenolic OH excluding ortho intramolecular Hbond substituents is 1. The van der Waals surface area contributed by atoms with Crippen LogP contribution in [0.3, 0.4) is 0 Å². The maximum absolute atomic E-state index is 14.6. The van der Waals surface area contributed by atoms with Crippen molar-refractivity contribution in [1.82, 2.24) is 0 Å². The SMILES string of the molecule is CCCCCCCC(CCCCCCC)C(=O)OC[C@H]1O[C@H](O[C@H]2O[C@H](COC(=O)c3cc(C(C)(C)C)cc(C(C)(C)C)c3O)[C@@H](O[Si](C)(C)C)[C@H](O[Si](C)(C)C)[C@H]2O[Si](C)(C)C)[C@H](O[Si](C)(C)C)[C@@H](O[Si](C)(C)C)[C@@H]1O[Si](C)(C)C. The zero-order chi connectivity index (χ0) is 61.9. The van der Waals surface area contributed by atoms with E-state index in [1.165, 1.54) is 12.8 Å². The zero-order valence-electron chi connectivity index (χ0n) is 56.2. The molecule has 0 amide bonds. The van der Waals surface area contributed by atoms with Crippen molar-refractivity contribution in [2.24, 2.45) is 5.92 Å². The van der Waals surface area contributed by atoms with Crippen molar-refractivity contribution in [3.05, 3.63) is 28.8 Å². The van der Waals surface area contributed by atoms with Gasteiger partial charge in [-0.1, -0.05) is 126 Å². The van der Waals surface area contributed by atoms with Crippen molar-refractivity contribution < 1.29 is 64.9 Å². The number of carbonyl (C=O) groups is 2. The van der Waals surface area contributed by atoms with Gasteiger partial charge in [0.05, 0.1) is 5.92 Å². The Bertz CT molecular complexity index is 2060. The van der Waals surface area contributed by atoms with Gasteiger partial charge < -0.3 is 55.3 Å². The minimum Gasteiger partial charge on any atom is -0.507 e. The standard InChI is InChI=1S/C61H120O14Si6/c1-27-29-31-33-35-37-43(38-36-34-32-30-28-2)56(63)65-41-47-50(70-76(9,10)11)52(72-78(15,16)17)54(74-80(21,22)23)58(67-47)69-59-55(75-81(24,25)26)53(73-79(18,19)20)51(71-77(12,13)14)48(68-59)42-66-57(64)45-39-44(60(3,4)5)40-46(49(45)62)61(6,7)8/h39-40,43,47-48,50-55,58-59,62H,27-38,41-42H2,1-26H3/t47-,48-,50-,51-,52+,53+,54-,55-,58-,59-/m1/s1. The van der Waals surface area contributed by atoms with E-state index in [4.69, 9.17) is 50.2 Å². The monoisotopic (exact) mass is 1240 g/mol. The van der Waals surface area contributed by atoms with Crippen LogP contribution in [0.25, 0.3) is 0 Å². The summed E-state index contributed by atoms with van der Waals surface area (Å²) in [5.74, 6) is -1.23. The summed E-state index contributed by atoms with van der Waals surface area (Å²) in [4.78, 5) is 29.1. The topological polar surface area (TPSA) is 156 Å². The smallest absolute Gasteiger partial charge is 0.342 e. The second-order valence-corrected chi connectivity index (χ2v) is 57.9. The molecule has 20 heteroatoms. The molecule has 2 heterocycles.